The van der Waals surface area contributed by atoms with Crippen LogP contribution in [-0.4, -0.2) is 46.1 Å². The fourth-order valence-corrected chi connectivity index (χ4v) is 4.80. The number of ketones is 1. The van der Waals surface area contributed by atoms with Crippen molar-refractivity contribution in [2.45, 2.75) is 24.9 Å². The lowest BCUT2D eigenvalue weighted by Crippen LogP contribution is -2.34. The quantitative estimate of drug-likeness (QED) is 0.774. The first-order chi connectivity index (χ1) is 13.3. The predicted molar refractivity (Wildman–Crippen MR) is 100 cm³/mol. The number of hydrogen-bond acceptors (Lipinski definition) is 4. The predicted octanol–water partition coefficient (Wildman–Crippen LogP) is 3.17. The first-order valence-electron chi connectivity index (χ1n) is 9.53. The van der Waals surface area contributed by atoms with Gasteiger partial charge in [0.05, 0.1) is 12.1 Å². The Kier molecular flexibility index (Phi) is 4.93. The second kappa shape index (κ2) is 7.26. The largest absolute Gasteiger partial charge is 0.508 e. The van der Waals surface area contributed by atoms with E-state index in [1.807, 2.05) is 0 Å². The first-order valence-corrected chi connectivity index (χ1v) is 9.53. The van der Waals surface area contributed by atoms with Crippen LogP contribution in [0.3, 0.4) is 0 Å². The third-order valence-electron chi connectivity index (χ3n) is 6.06. The molecule has 2 aromatic rings. The van der Waals surface area contributed by atoms with Crippen LogP contribution in [0.5, 0.6) is 5.75 Å². The summed E-state index contributed by atoms with van der Waals surface area (Å²) in [7, 11) is 0. The number of fused-ring (bicyclic) bond motifs is 1. The second-order valence-electron chi connectivity index (χ2n) is 8.19. The molecule has 2 unspecified atom stereocenters. The van der Waals surface area contributed by atoms with E-state index in [0.29, 0.717) is 31.5 Å². The number of Topliss-reactive ketones (excluding diaryl/α,β-unsaturated/α-hetero) is 1. The number of hydrogen-bond donors (Lipinski definition) is 2. The Labute approximate surface area is 162 Å². The van der Waals surface area contributed by atoms with Gasteiger partial charge < -0.3 is 10.2 Å². The molecule has 0 bridgehead atoms. The summed E-state index contributed by atoms with van der Waals surface area (Å²) in [5, 5.41) is 20.3. The number of halogens is 2. The Hall–Kier alpha value is -2.31. The normalized spacial score (nSPS) is 27.1. The van der Waals surface area contributed by atoms with Crippen molar-refractivity contribution >= 4 is 5.78 Å². The van der Waals surface area contributed by atoms with Gasteiger partial charge in [0, 0.05) is 30.6 Å². The van der Waals surface area contributed by atoms with E-state index < -0.39 is 17.2 Å². The highest BCUT2D eigenvalue weighted by atomic mass is 19.1. The topological polar surface area (TPSA) is 60.8 Å². The number of carbonyl (C=O) groups is 1. The summed E-state index contributed by atoms with van der Waals surface area (Å²) in [6.07, 6.45) is 0.940. The van der Waals surface area contributed by atoms with E-state index in [0.717, 1.165) is 0 Å². The van der Waals surface area contributed by atoms with Crippen LogP contribution >= 0.6 is 0 Å². The van der Waals surface area contributed by atoms with E-state index in [9.17, 15) is 23.8 Å². The van der Waals surface area contributed by atoms with E-state index in [2.05, 4.69) is 4.90 Å². The minimum absolute atomic E-state index is 0.0105. The molecular weight excluding hydrogens is 364 g/mol. The van der Waals surface area contributed by atoms with Crippen molar-refractivity contribution in [3.05, 3.63) is 65.2 Å². The maximum absolute atomic E-state index is 13.9. The van der Waals surface area contributed by atoms with Crippen LogP contribution in [-0.2, 0) is 6.42 Å². The lowest BCUT2D eigenvalue weighted by Gasteiger charge is -2.26. The van der Waals surface area contributed by atoms with Gasteiger partial charge >= 0.3 is 0 Å². The lowest BCUT2D eigenvalue weighted by atomic mass is 9.90. The maximum atomic E-state index is 13.9. The summed E-state index contributed by atoms with van der Waals surface area (Å²) in [5.41, 5.74) is -0.600. The number of aliphatic hydroxyl groups is 1. The molecule has 2 aliphatic rings. The van der Waals surface area contributed by atoms with Gasteiger partial charge in [-0.2, -0.15) is 0 Å². The molecule has 0 aromatic heterocycles. The number of rotatable bonds is 5. The molecule has 28 heavy (non-hydrogen) atoms. The smallest absolute Gasteiger partial charge is 0.176 e. The Morgan fingerprint density at radius 1 is 1.04 bits per heavy atom. The monoisotopic (exact) mass is 387 g/mol. The van der Waals surface area contributed by atoms with Crippen LogP contribution in [0.2, 0.25) is 0 Å². The second-order valence-corrected chi connectivity index (χ2v) is 8.19. The van der Waals surface area contributed by atoms with Crippen LogP contribution in [0, 0.1) is 23.5 Å². The van der Waals surface area contributed by atoms with E-state index in [1.54, 1.807) is 12.1 Å². The molecule has 0 radical (unpaired) electrons. The number of phenols is 1. The molecule has 6 heteroatoms. The molecule has 2 aromatic carbocycles. The third-order valence-corrected chi connectivity index (χ3v) is 6.06. The molecule has 1 heterocycles. The molecule has 0 spiro atoms. The van der Waals surface area contributed by atoms with Crippen LogP contribution in [0.1, 0.15) is 28.8 Å². The highest BCUT2D eigenvalue weighted by Crippen LogP contribution is 2.45. The van der Waals surface area contributed by atoms with Gasteiger partial charge in [0.2, 0.25) is 0 Å². The average Bonchev–Trinajstić information content (AvgIpc) is 3.13. The van der Waals surface area contributed by atoms with Gasteiger partial charge in [-0.1, -0.05) is 6.07 Å². The van der Waals surface area contributed by atoms with E-state index in [4.69, 9.17) is 0 Å². The fraction of sp³-hybridized carbons (Fsp3) is 0.409. The number of aromatic hydroxyl groups is 1. The SMILES string of the molecule is O=C(CN1CC2CC(O)(Cc3c(F)cccc3F)CC2C1)c1ccc(O)cc1. The van der Waals surface area contributed by atoms with Crippen molar-refractivity contribution in [2.24, 2.45) is 11.8 Å². The zero-order valence-corrected chi connectivity index (χ0v) is 15.4. The summed E-state index contributed by atoms with van der Waals surface area (Å²) in [5.74, 6) is -0.695. The van der Waals surface area contributed by atoms with Crippen LogP contribution in [0.4, 0.5) is 8.78 Å². The van der Waals surface area contributed by atoms with Crippen molar-refractivity contribution in [1.29, 1.82) is 0 Å². The van der Waals surface area contributed by atoms with Crippen molar-refractivity contribution in [3.8, 4) is 5.75 Å². The molecule has 2 N–H and O–H groups in total. The molecular formula is C22H23F2NO3. The summed E-state index contributed by atoms with van der Waals surface area (Å²) in [6.45, 7) is 1.67. The molecule has 2 atom stereocenters. The Balaban J connectivity index is 1.36. The van der Waals surface area contributed by atoms with Crippen molar-refractivity contribution in [3.63, 3.8) is 0 Å². The van der Waals surface area contributed by atoms with E-state index >= 15 is 0 Å². The van der Waals surface area contributed by atoms with Gasteiger partial charge in [-0.15, -0.1) is 0 Å². The van der Waals surface area contributed by atoms with Gasteiger partial charge in [-0.25, -0.2) is 8.78 Å². The van der Waals surface area contributed by atoms with Crippen LogP contribution < -0.4 is 0 Å². The highest BCUT2D eigenvalue weighted by molar-refractivity contribution is 5.97. The summed E-state index contributed by atoms with van der Waals surface area (Å²) < 4.78 is 27.9. The molecule has 4 rings (SSSR count). The summed E-state index contributed by atoms with van der Waals surface area (Å²) >= 11 is 0. The van der Waals surface area contributed by atoms with Gasteiger partial charge in [0.15, 0.2) is 5.78 Å². The molecule has 1 saturated heterocycles. The van der Waals surface area contributed by atoms with E-state index in [-0.39, 0.29) is 41.9 Å². The zero-order chi connectivity index (χ0) is 19.9. The molecule has 4 nitrogen and oxygen atoms in total. The number of phenolic OH excluding ortho intramolecular Hbond substituents is 1. The Morgan fingerprint density at radius 3 is 2.18 bits per heavy atom. The highest BCUT2D eigenvalue weighted by Gasteiger charge is 2.48. The number of benzene rings is 2. The fourth-order valence-electron chi connectivity index (χ4n) is 4.80. The molecule has 1 aliphatic heterocycles. The molecule has 148 valence electrons. The van der Waals surface area contributed by atoms with Gasteiger partial charge in [0.25, 0.3) is 0 Å². The van der Waals surface area contributed by atoms with Crippen LogP contribution in [0.25, 0.3) is 0 Å². The molecule has 2 fully saturated rings. The van der Waals surface area contributed by atoms with Gasteiger partial charge in [0.1, 0.15) is 17.4 Å². The minimum Gasteiger partial charge on any atom is -0.508 e. The average molecular weight is 387 g/mol. The van der Waals surface area contributed by atoms with Gasteiger partial charge in [-0.05, 0) is 61.1 Å². The Morgan fingerprint density at radius 2 is 1.61 bits per heavy atom. The third kappa shape index (κ3) is 3.80. The standard InChI is InChI=1S/C22H23F2NO3/c23-19-2-1-3-20(24)18(19)10-22(28)8-15-11-25(12-16(15)9-22)13-21(27)14-4-6-17(26)7-5-14/h1-7,15-16,26,28H,8-13H2. The molecule has 1 saturated carbocycles. The maximum Gasteiger partial charge on any atom is 0.176 e. The molecule has 0 amide bonds. The summed E-state index contributed by atoms with van der Waals surface area (Å²) in [6, 6.07) is 9.96. The zero-order valence-electron chi connectivity index (χ0n) is 15.4. The lowest BCUT2D eigenvalue weighted by molar-refractivity contribution is 0.0339. The summed E-state index contributed by atoms with van der Waals surface area (Å²) in [4.78, 5) is 14.5. The van der Waals surface area contributed by atoms with Crippen molar-refractivity contribution < 1.29 is 23.8 Å². The van der Waals surface area contributed by atoms with Crippen LogP contribution in [0.15, 0.2) is 42.5 Å². The number of nitrogens with zero attached hydrogens (tertiary/aromatic N) is 1. The number of carbonyl (C=O) groups excluding carboxylic acids is 1. The molecule has 1 aliphatic carbocycles. The van der Waals surface area contributed by atoms with Crippen molar-refractivity contribution in [2.75, 3.05) is 19.6 Å². The van der Waals surface area contributed by atoms with Gasteiger partial charge in [-0.3, -0.25) is 9.69 Å². The Bertz CT molecular complexity index is 850. The van der Waals surface area contributed by atoms with E-state index in [1.165, 1.54) is 30.3 Å². The van der Waals surface area contributed by atoms with Crippen molar-refractivity contribution in [1.82, 2.24) is 4.90 Å². The first kappa shape index (κ1) is 19.0. The minimum atomic E-state index is -1.11. The number of likely N-dealkylation sites (tertiary alicyclic amines) is 1.